The van der Waals surface area contributed by atoms with Crippen molar-refractivity contribution < 1.29 is 5.11 Å². The van der Waals surface area contributed by atoms with E-state index in [1.807, 2.05) is 5.57 Å². The van der Waals surface area contributed by atoms with E-state index in [1.54, 1.807) is 0 Å². The maximum absolute atomic E-state index is 10.9. The van der Waals surface area contributed by atoms with Gasteiger partial charge in [0.05, 0.1) is 6.10 Å². The monoisotopic (exact) mass is 440 g/mol. The molecule has 8 atom stereocenters. The van der Waals surface area contributed by atoms with Crippen molar-refractivity contribution in [3.05, 3.63) is 23.3 Å². The van der Waals surface area contributed by atoms with Crippen LogP contribution in [0, 0.1) is 45.3 Å². The molecule has 4 rings (SSSR count). The zero-order valence-corrected chi connectivity index (χ0v) is 22.6. The van der Waals surface area contributed by atoms with E-state index in [2.05, 4.69) is 67.5 Å². The van der Waals surface area contributed by atoms with Crippen LogP contribution in [0.1, 0.15) is 120 Å². The van der Waals surface area contributed by atoms with Crippen molar-refractivity contribution in [2.24, 2.45) is 45.3 Å². The van der Waals surface area contributed by atoms with Gasteiger partial charge >= 0.3 is 0 Å². The Hall–Kier alpha value is -0.560. The molecule has 3 fully saturated rings. The molecule has 0 aliphatic heterocycles. The molecule has 1 heteroatoms. The average molecular weight is 441 g/mol. The van der Waals surface area contributed by atoms with Crippen LogP contribution < -0.4 is 0 Å². The molecule has 4 aliphatic carbocycles. The third-order valence-electron chi connectivity index (χ3n) is 12.0. The van der Waals surface area contributed by atoms with Crippen molar-refractivity contribution in [3.8, 4) is 0 Å². The van der Waals surface area contributed by atoms with E-state index in [0.29, 0.717) is 22.2 Å². The lowest BCUT2D eigenvalue weighted by molar-refractivity contribution is -0.193. The Bertz CT molecular complexity index is 769. The van der Waals surface area contributed by atoms with Gasteiger partial charge in [-0.3, -0.25) is 0 Å². The molecule has 4 aliphatic rings. The first kappa shape index (κ1) is 24.6. The predicted octanol–water partition coefficient (Wildman–Crippen LogP) is 8.73. The van der Waals surface area contributed by atoms with Crippen LogP contribution in [0.5, 0.6) is 0 Å². The second-order valence-corrected chi connectivity index (χ2v) is 13.8. The number of rotatable bonds is 5. The number of aliphatic hydroxyl groups is 1. The Morgan fingerprint density at radius 1 is 1.03 bits per heavy atom. The molecule has 0 aromatic rings. The fourth-order valence-electron chi connectivity index (χ4n) is 9.89. The summed E-state index contributed by atoms with van der Waals surface area (Å²) in [6, 6.07) is 0. The highest BCUT2D eigenvalue weighted by molar-refractivity contribution is 5.32. The van der Waals surface area contributed by atoms with Gasteiger partial charge in [0.1, 0.15) is 0 Å². The predicted molar refractivity (Wildman–Crippen MR) is 137 cm³/mol. The maximum Gasteiger partial charge on any atom is 0.0594 e. The van der Waals surface area contributed by atoms with E-state index >= 15 is 0 Å². The van der Waals surface area contributed by atoms with E-state index < -0.39 is 0 Å². The standard InChI is InChI=1S/C31H52O/c1-9-22(12-10-11-21(2)3)23-15-19-30(7)24(23)13-14-26-29(6)18-17-27(32)28(4,5)25(29)16-20-31(26,30)8/h11,13,22-23,25-27,32H,9-10,12,14-20H2,1-8H3/t22-,23-,25+,26-,27+,29+,30-,31-/m1/s1. The summed E-state index contributed by atoms with van der Waals surface area (Å²) >= 11 is 0. The molecular formula is C31H52O. The van der Waals surface area contributed by atoms with Crippen LogP contribution in [0.2, 0.25) is 0 Å². The van der Waals surface area contributed by atoms with Gasteiger partial charge in [0.25, 0.3) is 0 Å². The van der Waals surface area contributed by atoms with Gasteiger partial charge < -0.3 is 5.11 Å². The molecule has 182 valence electrons. The third-order valence-corrected chi connectivity index (χ3v) is 12.0. The second kappa shape index (κ2) is 8.28. The Kier molecular flexibility index (Phi) is 6.36. The first-order valence-corrected chi connectivity index (χ1v) is 13.9. The van der Waals surface area contributed by atoms with Crippen LogP contribution in [0.4, 0.5) is 0 Å². The highest BCUT2D eigenvalue weighted by Crippen LogP contribution is 2.74. The summed E-state index contributed by atoms with van der Waals surface area (Å²) in [7, 11) is 0. The number of fused-ring (bicyclic) bond motifs is 5. The lowest BCUT2D eigenvalue weighted by Gasteiger charge is -2.68. The second-order valence-electron chi connectivity index (χ2n) is 13.8. The Morgan fingerprint density at radius 2 is 1.75 bits per heavy atom. The van der Waals surface area contributed by atoms with Crippen molar-refractivity contribution >= 4 is 0 Å². The van der Waals surface area contributed by atoms with Crippen LogP contribution in [-0.4, -0.2) is 11.2 Å². The normalized spacial score (nSPS) is 45.8. The van der Waals surface area contributed by atoms with Gasteiger partial charge in [-0.15, -0.1) is 0 Å². The van der Waals surface area contributed by atoms with Crippen molar-refractivity contribution in [1.82, 2.24) is 0 Å². The number of aliphatic hydroxyl groups excluding tert-OH is 1. The van der Waals surface area contributed by atoms with Crippen LogP contribution in [-0.2, 0) is 0 Å². The summed E-state index contributed by atoms with van der Waals surface area (Å²) < 4.78 is 0. The number of hydrogen-bond donors (Lipinski definition) is 1. The van der Waals surface area contributed by atoms with Crippen LogP contribution in [0.15, 0.2) is 23.3 Å². The van der Waals surface area contributed by atoms with E-state index in [0.717, 1.165) is 24.2 Å². The molecule has 32 heavy (non-hydrogen) atoms. The Balaban J connectivity index is 1.65. The van der Waals surface area contributed by atoms with Gasteiger partial charge in [-0.25, -0.2) is 0 Å². The first-order chi connectivity index (χ1) is 14.9. The van der Waals surface area contributed by atoms with E-state index in [9.17, 15) is 5.11 Å². The summed E-state index contributed by atoms with van der Waals surface area (Å²) in [5, 5.41) is 10.9. The molecular weight excluding hydrogens is 388 g/mol. The minimum Gasteiger partial charge on any atom is -0.393 e. The largest absolute Gasteiger partial charge is 0.393 e. The summed E-state index contributed by atoms with van der Waals surface area (Å²) in [4.78, 5) is 0. The van der Waals surface area contributed by atoms with Gasteiger partial charge in [0, 0.05) is 0 Å². The molecule has 0 aromatic heterocycles. The van der Waals surface area contributed by atoms with Gasteiger partial charge in [0.15, 0.2) is 0 Å². The van der Waals surface area contributed by atoms with Gasteiger partial charge in [0.2, 0.25) is 0 Å². The average Bonchev–Trinajstić information content (AvgIpc) is 3.07. The molecule has 0 spiro atoms. The number of hydrogen-bond acceptors (Lipinski definition) is 1. The summed E-state index contributed by atoms with van der Waals surface area (Å²) in [5.41, 5.74) is 4.53. The van der Waals surface area contributed by atoms with Crippen LogP contribution >= 0.6 is 0 Å². The van der Waals surface area contributed by atoms with E-state index in [-0.39, 0.29) is 11.5 Å². The zero-order chi connectivity index (χ0) is 23.5. The molecule has 0 heterocycles. The molecule has 0 bridgehead atoms. The molecule has 1 N–H and O–H groups in total. The van der Waals surface area contributed by atoms with Crippen LogP contribution in [0.25, 0.3) is 0 Å². The molecule has 3 saturated carbocycles. The molecule has 1 nitrogen and oxygen atoms in total. The molecule has 0 radical (unpaired) electrons. The Morgan fingerprint density at radius 3 is 2.41 bits per heavy atom. The van der Waals surface area contributed by atoms with E-state index in [1.165, 1.54) is 63.4 Å². The van der Waals surface area contributed by atoms with Gasteiger partial charge in [-0.1, -0.05) is 71.3 Å². The van der Waals surface area contributed by atoms with Crippen molar-refractivity contribution in [2.45, 2.75) is 126 Å². The molecule has 0 amide bonds. The topological polar surface area (TPSA) is 20.2 Å². The lowest BCUT2D eigenvalue weighted by Crippen LogP contribution is -2.62. The fourth-order valence-corrected chi connectivity index (χ4v) is 9.89. The highest BCUT2D eigenvalue weighted by Gasteiger charge is 2.66. The van der Waals surface area contributed by atoms with Gasteiger partial charge in [-0.2, -0.15) is 0 Å². The molecule has 0 saturated heterocycles. The van der Waals surface area contributed by atoms with Crippen molar-refractivity contribution in [3.63, 3.8) is 0 Å². The molecule has 0 aromatic carbocycles. The van der Waals surface area contributed by atoms with Gasteiger partial charge in [-0.05, 0) is 117 Å². The van der Waals surface area contributed by atoms with E-state index in [4.69, 9.17) is 0 Å². The summed E-state index contributed by atoms with van der Waals surface area (Å²) in [5.74, 6) is 3.07. The lowest BCUT2D eigenvalue weighted by atomic mass is 9.37. The highest BCUT2D eigenvalue weighted by atomic mass is 16.3. The smallest absolute Gasteiger partial charge is 0.0594 e. The van der Waals surface area contributed by atoms with Crippen molar-refractivity contribution in [1.29, 1.82) is 0 Å². The minimum atomic E-state index is -0.128. The quantitative estimate of drug-likeness (QED) is 0.424. The Labute approximate surface area is 199 Å². The van der Waals surface area contributed by atoms with Crippen LogP contribution in [0.3, 0.4) is 0 Å². The third kappa shape index (κ3) is 3.42. The van der Waals surface area contributed by atoms with Crippen molar-refractivity contribution in [2.75, 3.05) is 0 Å². The SMILES string of the molecule is CC[C@H](CCC=C(C)C)[C@H]1CC[C@]2(C)C1=CC[C@@H]1[C@@]3(C)CC[C@H](O)C(C)(C)[C@@H]3CC[C@]12C. The summed E-state index contributed by atoms with van der Waals surface area (Å²) in [6.45, 7) is 19.6. The number of allylic oxidation sites excluding steroid dienone is 4. The zero-order valence-electron chi connectivity index (χ0n) is 22.6. The maximum atomic E-state index is 10.9. The first-order valence-electron chi connectivity index (χ1n) is 13.9. The minimum absolute atomic E-state index is 0.0513. The fraction of sp³-hybridized carbons (Fsp3) is 0.871. The summed E-state index contributed by atoms with van der Waals surface area (Å²) in [6.07, 6.45) is 17.9. The molecule has 0 unspecified atom stereocenters.